The van der Waals surface area contributed by atoms with Crippen LogP contribution in [0.25, 0.3) is 0 Å². The van der Waals surface area contributed by atoms with E-state index < -0.39 is 0 Å². The van der Waals surface area contributed by atoms with Gasteiger partial charge in [-0.3, -0.25) is 9.69 Å². The van der Waals surface area contributed by atoms with Crippen molar-refractivity contribution in [3.8, 4) is 0 Å². The van der Waals surface area contributed by atoms with Crippen LogP contribution in [0.2, 0.25) is 0 Å². The maximum absolute atomic E-state index is 12.0. The van der Waals surface area contributed by atoms with Gasteiger partial charge in [-0.05, 0) is 25.7 Å². The van der Waals surface area contributed by atoms with Crippen molar-refractivity contribution in [1.82, 2.24) is 9.80 Å². The van der Waals surface area contributed by atoms with Crippen molar-refractivity contribution in [1.29, 1.82) is 0 Å². The van der Waals surface area contributed by atoms with Gasteiger partial charge in [-0.2, -0.15) is 0 Å². The lowest BCUT2D eigenvalue weighted by Gasteiger charge is -2.29. The van der Waals surface area contributed by atoms with Crippen LogP contribution in [0.1, 0.15) is 41.5 Å². The third kappa shape index (κ3) is 7.37. The SMILES string of the molecule is CC(C)CN(CC(=O)N(C)C(C)C)CC(C)C. The maximum atomic E-state index is 12.0. The Bertz CT molecular complexity index is 214. The van der Waals surface area contributed by atoms with Gasteiger partial charge in [0.25, 0.3) is 0 Å². The van der Waals surface area contributed by atoms with Gasteiger partial charge in [0.05, 0.1) is 6.54 Å². The highest BCUT2D eigenvalue weighted by Gasteiger charge is 2.17. The predicted molar refractivity (Wildman–Crippen MR) is 74.0 cm³/mol. The van der Waals surface area contributed by atoms with Crippen LogP contribution in [0.4, 0.5) is 0 Å². The molecule has 0 aliphatic heterocycles. The van der Waals surface area contributed by atoms with Crippen molar-refractivity contribution in [2.75, 3.05) is 26.7 Å². The number of rotatable bonds is 7. The predicted octanol–water partition coefficient (Wildman–Crippen LogP) is 2.47. The lowest BCUT2D eigenvalue weighted by Crippen LogP contribution is -2.43. The minimum absolute atomic E-state index is 0.223. The Labute approximate surface area is 107 Å². The molecule has 17 heavy (non-hydrogen) atoms. The van der Waals surface area contributed by atoms with Crippen molar-refractivity contribution in [3.05, 3.63) is 0 Å². The number of hydrogen-bond donors (Lipinski definition) is 0. The summed E-state index contributed by atoms with van der Waals surface area (Å²) < 4.78 is 0. The average Bonchev–Trinajstić information content (AvgIpc) is 2.13. The second-order valence-electron chi connectivity index (χ2n) is 6.08. The lowest BCUT2D eigenvalue weighted by molar-refractivity contribution is -0.132. The van der Waals surface area contributed by atoms with Crippen LogP contribution in [0, 0.1) is 11.8 Å². The fraction of sp³-hybridized carbons (Fsp3) is 0.929. The molecule has 3 heteroatoms. The fourth-order valence-electron chi connectivity index (χ4n) is 1.83. The van der Waals surface area contributed by atoms with Crippen LogP contribution in [0.3, 0.4) is 0 Å². The first-order valence-corrected chi connectivity index (χ1v) is 6.72. The molecular weight excluding hydrogens is 212 g/mol. The monoisotopic (exact) mass is 242 g/mol. The summed E-state index contributed by atoms with van der Waals surface area (Å²) in [6, 6.07) is 0.280. The van der Waals surface area contributed by atoms with Gasteiger partial charge >= 0.3 is 0 Å². The van der Waals surface area contributed by atoms with Crippen molar-refractivity contribution in [3.63, 3.8) is 0 Å². The molecule has 0 N–H and O–H groups in total. The molecule has 0 saturated carbocycles. The van der Waals surface area contributed by atoms with Crippen molar-refractivity contribution >= 4 is 5.91 Å². The van der Waals surface area contributed by atoms with Gasteiger partial charge < -0.3 is 4.90 Å². The summed E-state index contributed by atoms with van der Waals surface area (Å²) in [5.41, 5.74) is 0. The van der Waals surface area contributed by atoms with E-state index in [0.29, 0.717) is 18.4 Å². The average molecular weight is 242 g/mol. The molecule has 0 fully saturated rings. The zero-order valence-corrected chi connectivity index (χ0v) is 12.7. The largest absolute Gasteiger partial charge is 0.342 e. The number of nitrogens with zero attached hydrogens (tertiary/aromatic N) is 2. The minimum atomic E-state index is 0.223. The standard InChI is InChI=1S/C14H30N2O/c1-11(2)8-16(9-12(3)4)10-14(17)15(7)13(5)6/h11-13H,8-10H2,1-7H3. The lowest BCUT2D eigenvalue weighted by atomic mass is 10.1. The minimum Gasteiger partial charge on any atom is -0.342 e. The first-order valence-electron chi connectivity index (χ1n) is 6.72. The van der Waals surface area contributed by atoms with Gasteiger partial charge in [0, 0.05) is 26.2 Å². The van der Waals surface area contributed by atoms with Crippen molar-refractivity contribution < 1.29 is 4.79 Å². The van der Waals surface area contributed by atoms with E-state index in [-0.39, 0.29) is 11.9 Å². The molecule has 0 aromatic carbocycles. The molecule has 0 saturated heterocycles. The van der Waals surface area contributed by atoms with Gasteiger partial charge in [0.1, 0.15) is 0 Å². The summed E-state index contributed by atoms with van der Waals surface area (Å²) in [6.07, 6.45) is 0. The second-order valence-corrected chi connectivity index (χ2v) is 6.08. The van der Waals surface area contributed by atoms with E-state index in [2.05, 4.69) is 32.6 Å². The van der Waals surface area contributed by atoms with E-state index in [1.54, 1.807) is 0 Å². The molecular formula is C14H30N2O. The molecule has 0 aromatic rings. The molecule has 0 spiro atoms. The molecule has 0 atom stereocenters. The van der Waals surface area contributed by atoms with E-state index in [1.807, 2.05) is 25.8 Å². The molecule has 0 aliphatic carbocycles. The summed E-state index contributed by atoms with van der Waals surface area (Å²) in [4.78, 5) is 16.1. The molecule has 0 rings (SSSR count). The van der Waals surface area contributed by atoms with Gasteiger partial charge in [-0.15, -0.1) is 0 Å². The zero-order valence-electron chi connectivity index (χ0n) is 12.7. The summed E-state index contributed by atoms with van der Waals surface area (Å²) >= 11 is 0. The van der Waals surface area contributed by atoms with Crippen LogP contribution in [0.15, 0.2) is 0 Å². The van der Waals surface area contributed by atoms with E-state index in [4.69, 9.17) is 0 Å². The molecule has 0 aromatic heterocycles. The molecule has 3 nitrogen and oxygen atoms in total. The van der Waals surface area contributed by atoms with Crippen molar-refractivity contribution in [2.45, 2.75) is 47.6 Å². The Kier molecular flexibility index (Phi) is 7.44. The Morgan fingerprint density at radius 1 is 0.941 bits per heavy atom. The number of amides is 1. The molecule has 0 aliphatic rings. The topological polar surface area (TPSA) is 23.6 Å². The molecule has 0 unspecified atom stereocenters. The smallest absolute Gasteiger partial charge is 0.236 e. The Morgan fingerprint density at radius 2 is 1.35 bits per heavy atom. The molecule has 1 amide bonds. The highest BCUT2D eigenvalue weighted by molar-refractivity contribution is 5.78. The van der Waals surface area contributed by atoms with Crippen LogP contribution in [0.5, 0.6) is 0 Å². The zero-order chi connectivity index (χ0) is 13.6. The van der Waals surface area contributed by atoms with E-state index in [0.717, 1.165) is 13.1 Å². The summed E-state index contributed by atoms with van der Waals surface area (Å²) in [7, 11) is 1.88. The van der Waals surface area contributed by atoms with Gasteiger partial charge in [0.15, 0.2) is 0 Å². The van der Waals surface area contributed by atoms with E-state index >= 15 is 0 Å². The molecule has 0 heterocycles. The Hall–Kier alpha value is -0.570. The van der Waals surface area contributed by atoms with Gasteiger partial charge in [-0.1, -0.05) is 27.7 Å². The molecule has 102 valence electrons. The maximum Gasteiger partial charge on any atom is 0.236 e. The Morgan fingerprint density at radius 3 is 1.65 bits per heavy atom. The van der Waals surface area contributed by atoms with E-state index in [1.165, 1.54) is 0 Å². The summed E-state index contributed by atoms with van der Waals surface area (Å²) in [5.74, 6) is 1.43. The van der Waals surface area contributed by atoms with Crippen LogP contribution >= 0.6 is 0 Å². The van der Waals surface area contributed by atoms with Crippen LogP contribution in [-0.4, -0.2) is 48.4 Å². The normalized spacial score (nSPS) is 11.9. The Balaban J connectivity index is 4.36. The second kappa shape index (κ2) is 7.70. The molecule has 0 bridgehead atoms. The number of hydrogen-bond acceptors (Lipinski definition) is 2. The first kappa shape index (κ1) is 16.4. The molecule has 0 radical (unpaired) electrons. The number of likely N-dealkylation sites (N-methyl/N-ethyl adjacent to an activating group) is 1. The summed E-state index contributed by atoms with van der Waals surface area (Å²) in [6.45, 7) is 15.4. The van der Waals surface area contributed by atoms with Crippen LogP contribution < -0.4 is 0 Å². The number of carbonyl (C=O) groups excluding carboxylic acids is 1. The van der Waals surface area contributed by atoms with E-state index in [9.17, 15) is 4.79 Å². The van der Waals surface area contributed by atoms with Crippen molar-refractivity contribution in [2.24, 2.45) is 11.8 Å². The van der Waals surface area contributed by atoms with Gasteiger partial charge in [-0.25, -0.2) is 0 Å². The fourth-order valence-corrected chi connectivity index (χ4v) is 1.83. The highest BCUT2D eigenvalue weighted by atomic mass is 16.2. The summed E-state index contributed by atoms with van der Waals surface area (Å²) in [5, 5.41) is 0. The third-order valence-electron chi connectivity index (χ3n) is 2.77. The van der Waals surface area contributed by atoms with Gasteiger partial charge in [0.2, 0.25) is 5.91 Å². The highest BCUT2D eigenvalue weighted by Crippen LogP contribution is 2.05. The van der Waals surface area contributed by atoms with Crippen LogP contribution in [-0.2, 0) is 4.79 Å². The quantitative estimate of drug-likeness (QED) is 0.685. The number of carbonyl (C=O) groups is 1. The first-order chi connectivity index (χ1) is 7.73. The third-order valence-corrected chi connectivity index (χ3v) is 2.77.